The van der Waals surface area contributed by atoms with E-state index in [4.69, 9.17) is 20.9 Å². The second-order valence-corrected chi connectivity index (χ2v) is 8.41. The number of hydrogen-bond acceptors (Lipinski definition) is 8. The van der Waals surface area contributed by atoms with Crippen LogP contribution < -0.4 is 11.5 Å². The number of esters is 1. The lowest BCUT2D eigenvalue weighted by Crippen LogP contribution is -2.32. The van der Waals surface area contributed by atoms with Crippen LogP contribution in [0.4, 0.5) is 5.69 Å². The molecule has 0 saturated heterocycles. The van der Waals surface area contributed by atoms with Gasteiger partial charge in [0.15, 0.2) is 5.78 Å². The van der Waals surface area contributed by atoms with Crippen LogP contribution in [0.3, 0.4) is 0 Å². The fourth-order valence-corrected chi connectivity index (χ4v) is 3.87. The lowest BCUT2D eigenvalue weighted by Gasteiger charge is -2.34. The first kappa shape index (κ1) is 25.2. The van der Waals surface area contributed by atoms with Crippen molar-refractivity contribution < 1.29 is 24.0 Å². The van der Waals surface area contributed by atoms with E-state index in [-0.39, 0.29) is 42.1 Å². The third-order valence-electron chi connectivity index (χ3n) is 5.19. The van der Waals surface area contributed by atoms with Crippen LogP contribution in [-0.4, -0.2) is 43.0 Å². The molecule has 0 aliphatic heterocycles. The van der Waals surface area contributed by atoms with E-state index in [2.05, 4.69) is 0 Å². The Bertz CT molecular complexity index is 918. The molecule has 0 aromatic heterocycles. The number of ketones is 1. The molecule has 0 fully saturated rings. The normalized spacial score (nSPS) is 17.2. The molecule has 0 spiro atoms. The number of nitro benzene ring substituents is 1. The number of allylic oxidation sites excluding steroid dienone is 2. The van der Waals surface area contributed by atoms with Crippen molar-refractivity contribution in [3.8, 4) is 0 Å². The molecule has 1 aromatic carbocycles. The van der Waals surface area contributed by atoms with Crippen LogP contribution >= 0.6 is 0 Å². The number of nitrogens with two attached hydrogens (primary N) is 2. The molecule has 9 heteroatoms. The zero-order chi connectivity index (χ0) is 23.9. The highest BCUT2D eigenvalue weighted by atomic mass is 16.6. The molecule has 174 valence electrons. The highest BCUT2D eigenvalue weighted by molar-refractivity contribution is 6.03. The van der Waals surface area contributed by atoms with Gasteiger partial charge in [-0.15, -0.1) is 0 Å². The third-order valence-corrected chi connectivity index (χ3v) is 5.19. The highest BCUT2D eigenvalue weighted by Gasteiger charge is 2.39. The Labute approximate surface area is 187 Å². The Kier molecular flexibility index (Phi) is 8.68. The standard InChI is InChI=1S/C23H31N3O6/c1-4-32-22(28)17(9-11-31-12-10-24)20(15-5-7-16(8-6-15)26(29)30)21-18(25)13-23(2,3)14-19(21)27/h5-9,20H,4,10-14,24-25H2,1-3H3/b17-9-. The number of carbonyl (C=O) groups is 2. The van der Waals surface area contributed by atoms with E-state index in [0.29, 0.717) is 36.4 Å². The Morgan fingerprint density at radius 2 is 1.94 bits per heavy atom. The van der Waals surface area contributed by atoms with Gasteiger partial charge in [0.2, 0.25) is 0 Å². The molecule has 32 heavy (non-hydrogen) atoms. The average Bonchev–Trinajstić information content (AvgIpc) is 2.71. The first-order chi connectivity index (χ1) is 15.1. The van der Waals surface area contributed by atoms with Crippen LogP contribution in [0, 0.1) is 15.5 Å². The van der Waals surface area contributed by atoms with Gasteiger partial charge in [-0.2, -0.15) is 0 Å². The van der Waals surface area contributed by atoms with Crippen molar-refractivity contribution in [1.82, 2.24) is 0 Å². The van der Waals surface area contributed by atoms with Gasteiger partial charge in [0.1, 0.15) is 0 Å². The van der Waals surface area contributed by atoms with Gasteiger partial charge in [0, 0.05) is 47.9 Å². The fourth-order valence-electron chi connectivity index (χ4n) is 3.87. The summed E-state index contributed by atoms with van der Waals surface area (Å²) in [6, 6.07) is 5.74. The number of hydrogen-bond donors (Lipinski definition) is 2. The number of ether oxygens (including phenoxy) is 2. The van der Waals surface area contributed by atoms with Crippen LogP contribution in [0.25, 0.3) is 0 Å². The highest BCUT2D eigenvalue weighted by Crippen LogP contribution is 2.43. The number of benzene rings is 1. The topological polar surface area (TPSA) is 148 Å². The van der Waals surface area contributed by atoms with E-state index in [1.54, 1.807) is 13.0 Å². The summed E-state index contributed by atoms with van der Waals surface area (Å²) in [5, 5.41) is 11.1. The fraction of sp³-hybridized carbons (Fsp3) is 0.478. The van der Waals surface area contributed by atoms with Gasteiger partial charge in [0.05, 0.1) is 24.7 Å². The summed E-state index contributed by atoms with van der Waals surface area (Å²) >= 11 is 0. The van der Waals surface area contributed by atoms with Gasteiger partial charge in [0.25, 0.3) is 5.69 Å². The Morgan fingerprint density at radius 1 is 1.28 bits per heavy atom. The lowest BCUT2D eigenvalue weighted by atomic mass is 9.70. The molecule has 0 bridgehead atoms. The number of carbonyl (C=O) groups excluding carboxylic acids is 2. The van der Waals surface area contributed by atoms with Crippen molar-refractivity contribution in [3.63, 3.8) is 0 Å². The van der Waals surface area contributed by atoms with Crippen LogP contribution in [0.1, 0.15) is 45.1 Å². The second-order valence-electron chi connectivity index (χ2n) is 8.41. The summed E-state index contributed by atoms with van der Waals surface area (Å²) in [6.07, 6.45) is 2.32. The van der Waals surface area contributed by atoms with E-state index in [0.717, 1.165) is 0 Å². The number of nitrogens with zero attached hydrogens (tertiary/aromatic N) is 1. The second kappa shape index (κ2) is 11.0. The molecular weight excluding hydrogens is 414 g/mol. The third kappa shape index (κ3) is 6.24. The first-order valence-corrected chi connectivity index (χ1v) is 10.5. The number of nitro groups is 1. The predicted octanol–water partition coefficient (Wildman–Crippen LogP) is 2.75. The molecule has 0 heterocycles. The van der Waals surface area contributed by atoms with Gasteiger partial charge in [-0.3, -0.25) is 14.9 Å². The first-order valence-electron chi connectivity index (χ1n) is 10.5. The molecule has 1 aromatic rings. The van der Waals surface area contributed by atoms with E-state index in [1.807, 2.05) is 13.8 Å². The molecule has 0 saturated carbocycles. The van der Waals surface area contributed by atoms with Crippen molar-refractivity contribution >= 4 is 17.4 Å². The van der Waals surface area contributed by atoms with Gasteiger partial charge in [-0.25, -0.2) is 4.79 Å². The molecule has 1 aliphatic rings. The monoisotopic (exact) mass is 445 g/mol. The van der Waals surface area contributed by atoms with E-state index < -0.39 is 16.8 Å². The SMILES string of the molecule is CCOC(=O)/C(=C\COCCN)C(C1=C(N)CC(C)(C)CC1=O)c1ccc([N+](=O)[O-])cc1. The minimum Gasteiger partial charge on any atom is -0.463 e. The molecular formula is C23H31N3O6. The largest absolute Gasteiger partial charge is 0.463 e. The number of Topliss-reactive ketones (excluding diaryl/α,β-unsaturated/α-hetero) is 1. The van der Waals surface area contributed by atoms with Crippen molar-refractivity contribution in [3.05, 3.63) is 62.9 Å². The van der Waals surface area contributed by atoms with Gasteiger partial charge < -0.3 is 20.9 Å². The molecule has 2 rings (SSSR count). The van der Waals surface area contributed by atoms with E-state index >= 15 is 0 Å². The van der Waals surface area contributed by atoms with Crippen molar-refractivity contribution in [2.45, 2.75) is 39.5 Å². The van der Waals surface area contributed by atoms with Gasteiger partial charge in [-0.05, 0) is 30.4 Å². The van der Waals surface area contributed by atoms with Gasteiger partial charge in [-0.1, -0.05) is 26.0 Å². The molecule has 9 nitrogen and oxygen atoms in total. The number of non-ortho nitro benzene ring substituents is 1. The molecule has 1 unspecified atom stereocenters. The summed E-state index contributed by atoms with van der Waals surface area (Å²) < 4.78 is 10.7. The van der Waals surface area contributed by atoms with Crippen molar-refractivity contribution in [2.75, 3.05) is 26.4 Å². The summed E-state index contributed by atoms with van der Waals surface area (Å²) in [7, 11) is 0. The summed E-state index contributed by atoms with van der Waals surface area (Å²) in [5.41, 5.74) is 12.9. The smallest absolute Gasteiger partial charge is 0.334 e. The minimum absolute atomic E-state index is 0.0850. The zero-order valence-corrected chi connectivity index (χ0v) is 18.8. The zero-order valence-electron chi connectivity index (χ0n) is 18.8. The Balaban J connectivity index is 2.65. The molecule has 1 atom stereocenters. The number of rotatable bonds is 10. The Morgan fingerprint density at radius 3 is 2.47 bits per heavy atom. The van der Waals surface area contributed by atoms with Crippen molar-refractivity contribution in [2.24, 2.45) is 16.9 Å². The van der Waals surface area contributed by atoms with E-state index in [9.17, 15) is 19.7 Å². The molecule has 0 radical (unpaired) electrons. The van der Waals surface area contributed by atoms with E-state index in [1.165, 1.54) is 24.3 Å². The van der Waals surface area contributed by atoms with Crippen LogP contribution in [0.2, 0.25) is 0 Å². The molecule has 1 aliphatic carbocycles. The van der Waals surface area contributed by atoms with Gasteiger partial charge >= 0.3 is 5.97 Å². The van der Waals surface area contributed by atoms with Crippen molar-refractivity contribution in [1.29, 1.82) is 0 Å². The maximum atomic E-state index is 13.2. The lowest BCUT2D eigenvalue weighted by molar-refractivity contribution is -0.384. The average molecular weight is 446 g/mol. The summed E-state index contributed by atoms with van der Waals surface area (Å²) in [6.45, 7) is 6.44. The predicted molar refractivity (Wildman–Crippen MR) is 120 cm³/mol. The minimum atomic E-state index is -0.833. The maximum Gasteiger partial charge on any atom is 0.334 e. The quantitative estimate of drug-likeness (QED) is 0.184. The summed E-state index contributed by atoms with van der Waals surface area (Å²) in [5.74, 6) is -1.61. The molecule has 0 amide bonds. The van der Waals surface area contributed by atoms with Crippen LogP contribution in [0.15, 0.2) is 47.2 Å². The van der Waals surface area contributed by atoms with Crippen LogP contribution in [0.5, 0.6) is 0 Å². The Hall–Kier alpha value is -3.04. The summed E-state index contributed by atoms with van der Waals surface area (Å²) in [4.78, 5) is 36.7. The maximum absolute atomic E-state index is 13.2. The van der Waals surface area contributed by atoms with Crippen LogP contribution in [-0.2, 0) is 19.1 Å². The molecule has 4 N–H and O–H groups in total.